The number of carbonyl (C=O) groups is 1. The van der Waals surface area contributed by atoms with Gasteiger partial charge in [-0.05, 0) is 36.6 Å². The average molecular weight is 447 g/mol. The summed E-state index contributed by atoms with van der Waals surface area (Å²) in [5, 5.41) is 6.95. The molecule has 8 nitrogen and oxygen atoms in total. The van der Waals surface area contributed by atoms with Gasteiger partial charge in [0.2, 0.25) is 10.0 Å². The predicted octanol–water partition coefficient (Wildman–Crippen LogP) is 3.42. The third kappa shape index (κ3) is 7.15. The molecule has 0 radical (unpaired) electrons. The van der Waals surface area contributed by atoms with Crippen LogP contribution in [0.5, 0.6) is 0 Å². The number of amides is 1. The van der Waals surface area contributed by atoms with Crippen LogP contribution >= 0.6 is 0 Å². The number of ether oxygens (including phenoxy) is 1. The van der Waals surface area contributed by atoms with Crippen molar-refractivity contribution in [1.82, 2.24) is 4.72 Å². The minimum absolute atomic E-state index is 0.0554. The molecule has 0 saturated heterocycles. The fraction of sp³-hybridized carbons (Fsp3) is 0.409. The number of nitrogens with one attached hydrogen (secondary N) is 3. The quantitative estimate of drug-likeness (QED) is 0.415. The van der Waals surface area contributed by atoms with Crippen molar-refractivity contribution in [2.45, 2.75) is 49.6 Å². The van der Waals surface area contributed by atoms with Gasteiger partial charge in [-0.2, -0.15) is 0 Å². The van der Waals surface area contributed by atoms with Crippen LogP contribution in [-0.4, -0.2) is 33.7 Å². The van der Waals surface area contributed by atoms with Gasteiger partial charge in [0, 0.05) is 19.1 Å². The molecule has 5 N–H and O–H groups in total. The summed E-state index contributed by atoms with van der Waals surface area (Å²) in [7, 11) is -3.76. The molecule has 0 heterocycles. The van der Waals surface area contributed by atoms with Gasteiger partial charge < -0.3 is 21.1 Å². The number of rotatable bonds is 10. The molecular formula is C22H30N4O4S. The zero-order valence-corrected chi connectivity index (χ0v) is 18.3. The summed E-state index contributed by atoms with van der Waals surface area (Å²) in [5.41, 5.74) is 7.61. The van der Waals surface area contributed by atoms with Crippen LogP contribution in [0.2, 0.25) is 0 Å². The molecule has 168 valence electrons. The highest BCUT2D eigenvalue weighted by atomic mass is 32.2. The van der Waals surface area contributed by atoms with Crippen LogP contribution in [0.3, 0.4) is 0 Å². The van der Waals surface area contributed by atoms with E-state index in [-0.39, 0.29) is 18.0 Å². The molecule has 0 bridgehead atoms. The zero-order valence-electron chi connectivity index (χ0n) is 17.5. The first-order valence-electron chi connectivity index (χ1n) is 10.5. The molecule has 1 fully saturated rings. The van der Waals surface area contributed by atoms with Gasteiger partial charge in [0.05, 0.1) is 16.3 Å². The fourth-order valence-electron chi connectivity index (χ4n) is 3.63. The third-order valence-corrected chi connectivity index (χ3v) is 6.69. The van der Waals surface area contributed by atoms with Crippen molar-refractivity contribution in [1.29, 1.82) is 0 Å². The topological polar surface area (TPSA) is 123 Å². The maximum Gasteiger partial charge on any atom is 0.404 e. The van der Waals surface area contributed by atoms with Crippen molar-refractivity contribution < 1.29 is 17.9 Å². The largest absolute Gasteiger partial charge is 0.448 e. The van der Waals surface area contributed by atoms with Gasteiger partial charge in [-0.1, -0.05) is 49.6 Å². The molecule has 0 atom stereocenters. The SMILES string of the molecule is NC(=O)OCCNS(=O)(=O)c1ccc(NC2CCCCC2)c(NCc2ccccc2)c1. The second kappa shape index (κ2) is 11.0. The van der Waals surface area contributed by atoms with E-state index in [1.807, 2.05) is 30.3 Å². The van der Waals surface area contributed by atoms with Crippen molar-refractivity contribution in [3.05, 3.63) is 54.1 Å². The van der Waals surface area contributed by atoms with Crippen LogP contribution in [-0.2, 0) is 21.3 Å². The molecule has 9 heteroatoms. The molecule has 3 rings (SSSR count). The molecule has 31 heavy (non-hydrogen) atoms. The van der Waals surface area contributed by atoms with Gasteiger partial charge >= 0.3 is 6.09 Å². The van der Waals surface area contributed by atoms with Crippen molar-refractivity contribution in [3.63, 3.8) is 0 Å². The molecule has 0 spiro atoms. The second-order valence-electron chi connectivity index (χ2n) is 7.59. The van der Waals surface area contributed by atoms with Crippen LogP contribution in [0.25, 0.3) is 0 Å². The lowest BCUT2D eigenvalue weighted by molar-refractivity contribution is 0.159. The number of primary amides is 1. The minimum Gasteiger partial charge on any atom is -0.448 e. The monoisotopic (exact) mass is 446 g/mol. The molecule has 1 saturated carbocycles. The molecule has 1 aliphatic rings. The molecule has 2 aromatic rings. The smallest absolute Gasteiger partial charge is 0.404 e. The van der Waals surface area contributed by atoms with E-state index in [4.69, 9.17) is 5.73 Å². The van der Waals surface area contributed by atoms with Crippen LogP contribution < -0.4 is 21.1 Å². The first kappa shape index (κ1) is 22.9. The number of hydrogen-bond acceptors (Lipinski definition) is 6. The fourth-order valence-corrected chi connectivity index (χ4v) is 4.67. The molecular weight excluding hydrogens is 416 g/mol. The van der Waals surface area contributed by atoms with Crippen molar-refractivity contribution in [2.75, 3.05) is 23.8 Å². The van der Waals surface area contributed by atoms with Crippen molar-refractivity contribution in [3.8, 4) is 0 Å². The van der Waals surface area contributed by atoms with Crippen LogP contribution in [0.1, 0.15) is 37.7 Å². The standard InChI is InChI=1S/C22H30N4O4S/c23-22(27)30-14-13-25-31(28,29)19-11-12-20(26-18-9-5-2-6-10-18)21(15-19)24-16-17-7-3-1-4-8-17/h1,3-4,7-8,11-12,15,18,24-26H,2,5-6,9-10,13-14,16H2,(H2,23,27). The van der Waals surface area contributed by atoms with Crippen molar-refractivity contribution in [2.24, 2.45) is 5.73 Å². The molecule has 2 aromatic carbocycles. The lowest BCUT2D eigenvalue weighted by atomic mass is 9.95. The van der Waals surface area contributed by atoms with Gasteiger partial charge in [0.15, 0.2) is 0 Å². The number of nitrogens with two attached hydrogens (primary N) is 1. The summed E-state index contributed by atoms with van der Waals surface area (Å²) in [4.78, 5) is 10.8. The first-order chi connectivity index (χ1) is 14.9. The van der Waals surface area contributed by atoms with E-state index in [9.17, 15) is 13.2 Å². The number of benzene rings is 2. The molecule has 0 aromatic heterocycles. The van der Waals surface area contributed by atoms with E-state index < -0.39 is 16.1 Å². The van der Waals surface area contributed by atoms with Gasteiger partial charge in [-0.3, -0.25) is 0 Å². The molecule has 0 unspecified atom stereocenters. The predicted molar refractivity (Wildman–Crippen MR) is 121 cm³/mol. The molecule has 0 aliphatic heterocycles. The lowest BCUT2D eigenvalue weighted by Crippen LogP contribution is -2.29. The Morgan fingerprint density at radius 3 is 2.48 bits per heavy atom. The summed E-state index contributed by atoms with van der Waals surface area (Å²) in [6.45, 7) is 0.388. The van der Waals surface area contributed by atoms with E-state index >= 15 is 0 Å². The van der Waals surface area contributed by atoms with E-state index in [0.29, 0.717) is 12.6 Å². The lowest BCUT2D eigenvalue weighted by Gasteiger charge is -2.25. The molecule has 1 aliphatic carbocycles. The van der Waals surface area contributed by atoms with E-state index in [1.54, 1.807) is 18.2 Å². The third-order valence-electron chi connectivity index (χ3n) is 5.23. The van der Waals surface area contributed by atoms with Crippen LogP contribution in [0.4, 0.5) is 16.2 Å². The van der Waals surface area contributed by atoms with Gasteiger partial charge in [-0.15, -0.1) is 0 Å². The minimum atomic E-state index is -3.76. The number of carbonyl (C=O) groups excluding carboxylic acids is 1. The maximum absolute atomic E-state index is 12.7. The highest BCUT2D eigenvalue weighted by Gasteiger charge is 2.19. The van der Waals surface area contributed by atoms with E-state index in [1.165, 1.54) is 19.3 Å². The Morgan fingerprint density at radius 2 is 1.77 bits per heavy atom. The van der Waals surface area contributed by atoms with Gasteiger partial charge in [0.1, 0.15) is 6.61 Å². The Hall–Kier alpha value is -2.78. The summed E-state index contributed by atoms with van der Waals surface area (Å²) in [6.07, 6.45) is 4.95. The number of hydrogen-bond donors (Lipinski definition) is 4. The number of sulfonamides is 1. The van der Waals surface area contributed by atoms with Crippen LogP contribution in [0, 0.1) is 0 Å². The second-order valence-corrected chi connectivity index (χ2v) is 9.36. The molecule has 1 amide bonds. The van der Waals surface area contributed by atoms with Gasteiger partial charge in [-0.25, -0.2) is 17.9 Å². The summed E-state index contributed by atoms with van der Waals surface area (Å²) < 4.78 is 32.3. The Labute approximate surface area is 183 Å². The number of anilines is 2. The van der Waals surface area contributed by atoms with E-state index in [0.717, 1.165) is 29.8 Å². The van der Waals surface area contributed by atoms with E-state index in [2.05, 4.69) is 20.1 Å². The summed E-state index contributed by atoms with van der Waals surface area (Å²) in [6, 6.07) is 15.3. The van der Waals surface area contributed by atoms with Crippen molar-refractivity contribution >= 4 is 27.5 Å². The Morgan fingerprint density at radius 1 is 1.03 bits per heavy atom. The normalized spacial score (nSPS) is 14.7. The Balaban J connectivity index is 1.76. The highest BCUT2D eigenvalue weighted by molar-refractivity contribution is 7.89. The van der Waals surface area contributed by atoms with Gasteiger partial charge in [0.25, 0.3) is 0 Å². The zero-order chi connectivity index (χ0) is 22.1. The first-order valence-corrected chi connectivity index (χ1v) is 12.0. The Bertz CT molecular complexity index is 961. The summed E-state index contributed by atoms with van der Waals surface area (Å²) >= 11 is 0. The average Bonchev–Trinajstić information content (AvgIpc) is 2.77. The van der Waals surface area contributed by atoms with Crippen LogP contribution in [0.15, 0.2) is 53.4 Å². The Kier molecular flexibility index (Phi) is 8.13. The maximum atomic E-state index is 12.7. The summed E-state index contributed by atoms with van der Waals surface area (Å²) in [5.74, 6) is 0. The highest BCUT2D eigenvalue weighted by Crippen LogP contribution is 2.29.